The molecule has 0 bridgehead atoms. The summed E-state index contributed by atoms with van der Waals surface area (Å²) in [4.78, 5) is 11.8. The normalized spacial score (nSPS) is 12.1. The Kier molecular flexibility index (Phi) is 3.39. The molecule has 88 valence electrons. The van der Waals surface area contributed by atoms with E-state index in [1.165, 1.54) is 6.20 Å². The van der Waals surface area contributed by atoms with Crippen LogP contribution in [-0.4, -0.2) is 15.0 Å². The van der Waals surface area contributed by atoms with Crippen LogP contribution >= 0.6 is 11.6 Å². The molecule has 2 aromatic rings. The molecular weight excluding hydrogens is 238 g/mol. The van der Waals surface area contributed by atoms with Crippen LogP contribution in [0.4, 0.5) is 11.5 Å². The lowest BCUT2D eigenvalue weighted by Crippen LogP contribution is -2.10. The summed E-state index contributed by atoms with van der Waals surface area (Å²) >= 11 is 5.72. The average Bonchev–Trinajstić information content (AvgIpc) is 2.35. The number of pyridine rings is 1. The molecule has 0 saturated carbocycles. The van der Waals surface area contributed by atoms with Crippen LogP contribution in [0.2, 0.25) is 5.28 Å². The highest BCUT2D eigenvalue weighted by Gasteiger charge is 2.09. The molecule has 0 aromatic carbocycles. The van der Waals surface area contributed by atoms with E-state index in [0.717, 1.165) is 5.56 Å². The van der Waals surface area contributed by atoms with E-state index >= 15 is 0 Å². The zero-order chi connectivity index (χ0) is 12.3. The molecule has 0 aliphatic heterocycles. The summed E-state index contributed by atoms with van der Waals surface area (Å²) in [5.74, 6) is 0.536. The van der Waals surface area contributed by atoms with Crippen molar-refractivity contribution in [2.75, 3.05) is 11.1 Å². The SMILES string of the molecule is CC(Nc1nc(Cl)ncc1N)c1ccncc1. The Hall–Kier alpha value is -1.88. The Morgan fingerprint density at radius 3 is 2.76 bits per heavy atom. The van der Waals surface area contributed by atoms with Gasteiger partial charge >= 0.3 is 0 Å². The van der Waals surface area contributed by atoms with Crippen LogP contribution in [0.5, 0.6) is 0 Å². The monoisotopic (exact) mass is 249 g/mol. The Morgan fingerprint density at radius 1 is 1.35 bits per heavy atom. The third kappa shape index (κ3) is 2.82. The average molecular weight is 250 g/mol. The Balaban J connectivity index is 2.18. The molecular formula is C11H12ClN5. The second-order valence-corrected chi connectivity index (χ2v) is 3.93. The van der Waals surface area contributed by atoms with Gasteiger partial charge in [0, 0.05) is 12.4 Å². The van der Waals surface area contributed by atoms with Crippen LogP contribution in [0.15, 0.2) is 30.7 Å². The first-order chi connectivity index (χ1) is 8.16. The predicted octanol–water partition coefficient (Wildman–Crippen LogP) is 2.28. The van der Waals surface area contributed by atoms with E-state index in [2.05, 4.69) is 20.3 Å². The second kappa shape index (κ2) is 4.97. The first-order valence-electron chi connectivity index (χ1n) is 5.11. The smallest absolute Gasteiger partial charge is 0.224 e. The Morgan fingerprint density at radius 2 is 2.06 bits per heavy atom. The van der Waals surface area contributed by atoms with Crippen LogP contribution in [-0.2, 0) is 0 Å². The minimum Gasteiger partial charge on any atom is -0.394 e. The summed E-state index contributed by atoms with van der Waals surface area (Å²) in [6, 6.07) is 3.92. The molecule has 0 aliphatic rings. The summed E-state index contributed by atoms with van der Waals surface area (Å²) in [6.07, 6.45) is 4.96. The van der Waals surface area contributed by atoms with E-state index < -0.39 is 0 Å². The number of halogens is 1. The summed E-state index contributed by atoms with van der Waals surface area (Å²) in [5.41, 5.74) is 7.32. The fraction of sp³-hybridized carbons (Fsp3) is 0.182. The molecule has 0 radical (unpaired) electrons. The molecule has 0 spiro atoms. The molecule has 5 nitrogen and oxygen atoms in total. The standard InChI is InChI=1S/C11H12ClN5/c1-7(8-2-4-14-5-3-8)16-10-9(13)6-15-11(12)17-10/h2-7H,13H2,1H3,(H,15,16,17). The molecule has 0 amide bonds. The number of nitrogens with zero attached hydrogens (tertiary/aromatic N) is 3. The van der Waals surface area contributed by atoms with E-state index in [0.29, 0.717) is 11.5 Å². The van der Waals surface area contributed by atoms with Crippen molar-refractivity contribution >= 4 is 23.1 Å². The number of nitrogen functional groups attached to an aromatic ring is 1. The van der Waals surface area contributed by atoms with Crippen molar-refractivity contribution in [3.8, 4) is 0 Å². The van der Waals surface area contributed by atoms with Crippen LogP contribution in [0.1, 0.15) is 18.5 Å². The van der Waals surface area contributed by atoms with Crippen molar-refractivity contribution in [3.63, 3.8) is 0 Å². The van der Waals surface area contributed by atoms with Gasteiger partial charge in [0.2, 0.25) is 5.28 Å². The molecule has 0 saturated heterocycles. The molecule has 2 heterocycles. The maximum atomic E-state index is 5.76. The molecule has 0 aliphatic carbocycles. The van der Waals surface area contributed by atoms with Gasteiger partial charge in [0.15, 0.2) is 5.82 Å². The lowest BCUT2D eigenvalue weighted by Gasteiger charge is -2.15. The fourth-order valence-corrected chi connectivity index (χ4v) is 1.56. The van der Waals surface area contributed by atoms with E-state index in [4.69, 9.17) is 17.3 Å². The summed E-state index contributed by atoms with van der Waals surface area (Å²) < 4.78 is 0. The van der Waals surface area contributed by atoms with E-state index in [-0.39, 0.29) is 11.3 Å². The van der Waals surface area contributed by atoms with Crippen molar-refractivity contribution in [1.82, 2.24) is 15.0 Å². The highest BCUT2D eigenvalue weighted by Crippen LogP contribution is 2.22. The van der Waals surface area contributed by atoms with E-state index in [1.807, 2.05) is 19.1 Å². The van der Waals surface area contributed by atoms with Gasteiger partial charge in [-0.2, -0.15) is 4.98 Å². The van der Waals surface area contributed by atoms with Crippen molar-refractivity contribution in [3.05, 3.63) is 41.6 Å². The molecule has 1 atom stereocenters. The zero-order valence-electron chi connectivity index (χ0n) is 9.26. The van der Waals surface area contributed by atoms with Crippen molar-refractivity contribution < 1.29 is 0 Å². The van der Waals surface area contributed by atoms with Gasteiger partial charge in [-0.25, -0.2) is 4.98 Å². The third-order valence-electron chi connectivity index (χ3n) is 2.35. The highest BCUT2D eigenvalue weighted by molar-refractivity contribution is 6.28. The van der Waals surface area contributed by atoms with Crippen molar-refractivity contribution in [1.29, 1.82) is 0 Å². The predicted molar refractivity (Wildman–Crippen MR) is 67.7 cm³/mol. The highest BCUT2D eigenvalue weighted by atomic mass is 35.5. The minimum atomic E-state index is 0.0614. The fourth-order valence-electron chi connectivity index (χ4n) is 1.43. The first-order valence-corrected chi connectivity index (χ1v) is 5.49. The Labute approximate surface area is 104 Å². The van der Waals surface area contributed by atoms with E-state index in [9.17, 15) is 0 Å². The molecule has 2 aromatic heterocycles. The number of nitrogens with two attached hydrogens (primary N) is 1. The molecule has 0 fully saturated rings. The second-order valence-electron chi connectivity index (χ2n) is 3.59. The summed E-state index contributed by atoms with van der Waals surface area (Å²) in [5, 5.41) is 3.35. The number of hydrogen-bond acceptors (Lipinski definition) is 5. The van der Waals surface area contributed by atoms with Gasteiger partial charge in [-0.3, -0.25) is 4.98 Å². The van der Waals surface area contributed by atoms with Crippen molar-refractivity contribution in [2.45, 2.75) is 13.0 Å². The molecule has 2 rings (SSSR count). The van der Waals surface area contributed by atoms with Crippen LogP contribution in [0.3, 0.4) is 0 Å². The number of anilines is 2. The van der Waals surface area contributed by atoms with Gasteiger partial charge in [-0.15, -0.1) is 0 Å². The first kappa shape index (κ1) is 11.6. The lowest BCUT2D eigenvalue weighted by molar-refractivity contribution is 0.869. The third-order valence-corrected chi connectivity index (χ3v) is 2.53. The topological polar surface area (TPSA) is 76.7 Å². The number of rotatable bonds is 3. The summed E-state index contributed by atoms with van der Waals surface area (Å²) in [7, 11) is 0. The van der Waals surface area contributed by atoms with Crippen molar-refractivity contribution in [2.24, 2.45) is 0 Å². The largest absolute Gasteiger partial charge is 0.394 e. The minimum absolute atomic E-state index is 0.0614. The lowest BCUT2D eigenvalue weighted by atomic mass is 10.1. The maximum absolute atomic E-state index is 5.76. The van der Waals surface area contributed by atoms with Crippen LogP contribution in [0.25, 0.3) is 0 Å². The Bertz CT molecular complexity index is 502. The number of hydrogen-bond donors (Lipinski definition) is 2. The quantitative estimate of drug-likeness (QED) is 0.816. The molecule has 1 unspecified atom stereocenters. The van der Waals surface area contributed by atoms with Gasteiger partial charge in [0.25, 0.3) is 0 Å². The van der Waals surface area contributed by atoms with Gasteiger partial charge in [-0.05, 0) is 36.2 Å². The molecule has 3 N–H and O–H groups in total. The maximum Gasteiger partial charge on any atom is 0.224 e. The van der Waals surface area contributed by atoms with Crippen LogP contribution in [0, 0.1) is 0 Å². The zero-order valence-corrected chi connectivity index (χ0v) is 10.0. The van der Waals surface area contributed by atoms with Gasteiger partial charge in [0.1, 0.15) is 0 Å². The van der Waals surface area contributed by atoms with Gasteiger partial charge in [-0.1, -0.05) is 0 Å². The summed E-state index contributed by atoms with van der Waals surface area (Å²) in [6.45, 7) is 2.00. The molecule has 17 heavy (non-hydrogen) atoms. The number of nitrogens with one attached hydrogen (secondary N) is 1. The van der Waals surface area contributed by atoms with Crippen LogP contribution < -0.4 is 11.1 Å². The van der Waals surface area contributed by atoms with Gasteiger partial charge < -0.3 is 11.1 Å². The number of aromatic nitrogens is 3. The molecule has 6 heteroatoms. The van der Waals surface area contributed by atoms with Gasteiger partial charge in [0.05, 0.1) is 17.9 Å². The van der Waals surface area contributed by atoms with E-state index in [1.54, 1.807) is 12.4 Å².